The number of nitrogens with one attached hydrogen (secondary N) is 2. The molecule has 4 aliphatic rings. The molecule has 2 amide bonds. The van der Waals surface area contributed by atoms with Gasteiger partial charge in [-0.05, 0) is 61.2 Å². The van der Waals surface area contributed by atoms with Crippen molar-refractivity contribution in [2.24, 2.45) is 33.5 Å². The van der Waals surface area contributed by atoms with Crippen LogP contribution in [0.25, 0.3) is 0 Å². The number of carbonyl (C=O) groups excluding carboxylic acids is 2. The van der Waals surface area contributed by atoms with Gasteiger partial charge in [0.05, 0.1) is 10.8 Å². The third-order valence-electron chi connectivity index (χ3n) is 8.94. The molecule has 0 saturated heterocycles. The lowest BCUT2D eigenvalue weighted by atomic mass is 9.68. The Morgan fingerprint density at radius 2 is 1.15 bits per heavy atom. The predicted molar refractivity (Wildman–Crippen MR) is 102 cm³/mol. The van der Waals surface area contributed by atoms with Crippen LogP contribution < -0.4 is 10.9 Å². The van der Waals surface area contributed by atoms with Crippen molar-refractivity contribution in [1.82, 2.24) is 10.9 Å². The van der Waals surface area contributed by atoms with Gasteiger partial charge in [0.2, 0.25) is 11.8 Å². The monoisotopic (exact) mass is 356 g/mol. The number of carbonyl (C=O) groups is 2. The Labute approximate surface area is 156 Å². The molecule has 142 valence electrons. The van der Waals surface area contributed by atoms with Crippen LogP contribution in [0.2, 0.25) is 0 Å². The van der Waals surface area contributed by atoms with E-state index in [1.165, 1.54) is 0 Å². The van der Waals surface area contributed by atoms with Gasteiger partial charge in [-0.15, -0.1) is 0 Å². The highest BCUT2D eigenvalue weighted by Gasteiger charge is 2.62. The van der Waals surface area contributed by atoms with Gasteiger partial charge < -0.3 is 0 Å². The summed E-state index contributed by atoms with van der Waals surface area (Å²) in [4.78, 5) is 26.1. The molecular weight excluding hydrogens is 324 g/mol. The highest BCUT2D eigenvalue weighted by Crippen LogP contribution is 2.66. The van der Waals surface area contributed by atoms with Crippen LogP contribution in [0.5, 0.6) is 0 Å². The topological polar surface area (TPSA) is 58.2 Å². The van der Waals surface area contributed by atoms with E-state index in [2.05, 4.69) is 51.7 Å². The molecule has 4 heteroatoms. The van der Waals surface area contributed by atoms with E-state index in [1.807, 2.05) is 0 Å². The molecule has 4 saturated carbocycles. The van der Waals surface area contributed by atoms with Crippen LogP contribution in [-0.4, -0.2) is 11.8 Å². The first-order valence-corrected chi connectivity index (χ1v) is 9.99. The fourth-order valence-corrected chi connectivity index (χ4v) is 6.64. The van der Waals surface area contributed by atoms with Gasteiger partial charge in [-0.25, -0.2) is 0 Å². The van der Waals surface area contributed by atoms with E-state index in [4.69, 9.17) is 0 Å². The molecule has 4 bridgehead atoms. The molecule has 0 aliphatic heterocycles. The maximum Gasteiger partial charge on any atom is 0.248 e. The summed E-state index contributed by atoms with van der Waals surface area (Å²) in [5, 5.41) is 0. The normalized spacial score (nSPS) is 41.5. The van der Waals surface area contributed by atoms with Gasteiger partial charge in [-0.2, -0.15) is 0 Å². The van der Waals surface area contributed by atoms with Gasteiger partial charge in [0.25, 0.3) is 0 Å². The second kappa shape index (κ2) is 5.02. The van der Waals surface area contributed by atoms with Gasteiger partial charge in [-0.3, -0.25) is 20.4 Å². The first kappa shape index (κ1) is 17.8. The van der Waals surface area contributed by atoms with Crippen LogP contribution in [0, 0.1) is 33.5 Å². The van der Waals surface area contributed by atoms with Crippen molar-refractivity contribution in [2.75, 3.05) is 0 Å². The van der Waals surface area contributed by atoms with Crippen LogP contribution in [-0.2, 0) is 9.59 Å². The second-order valence-corrected chi connectivity index (χ2v) is 10.4. The summed E-state index contributed by atoms with van der Waals surface area (Å²) >= 11 is 0. The lowest BCUT2D eigenvalue weighted by Gasteiger charge is -2.38. The number of rotatable bonds is 2. The van der Waals surface area contributed by atoms with Crippen molar-refractivity contribution in [3.05, 3.63) is 24.3 Å². The van der Waals surface area contributed by atoms with Crippen LogP contribution >= 0.6 is 0 Å². The van der Waals surface area contributed by atoms with Crippen LogP contribution in [0.1, 0.15) is 66.2 Å². The molecule has 26 heavy (non-hydrogen) atoms. The Kier molecular flexibility index (Phi) is 3.44. The second-order valence-electron chi connectivity index (χ2n) is 10.4. The summed E-state index contributed by atoms with van der Waals surface area (Å²) in [5.41, 5.74) is 6.58. The van der Waals surface area contributed by atoms with E-state index in [0.717, 1.165) is 49.7 Å². The number of hydrogen-bond acceptors (Lipinski definition) is 2. The smallest absolute Gasteiger partial charge is 0.248 e. The van der Waals surface area contributed by atoms with Crippen molar-refractivity contribution in [1.29, 1.82) is 0 Å². The standard InChI is InChI=1S/C22H32N2O2/c1-13-19(3,4)15-7-9-21(13,11-15)17(25)23-24-18(26)22-10-8-16(12-22)20(5,6)14(22)2/h15-16H,1-2,7-12H2,3-6H3,(H,23,25)(H,24,26). The minimum Gasteiger partial charge on any atom is -0.272 e. The molecule has 0 radical (unpaired) electrons. The minimum atomic E-state index is -0.511. The molecule has 0 aromatic carbocycles. The summed E-state index contributed by atoms with van der Waals surface area (Å²) in [7, 11) is 0. The number of amides is 2. The van der Waals surface area contributed by atoms with Crippen molar-refractivity contribution in [2.45, 2.75) is 66.2 Å². The molecule has 2 N–H and O–H groups in total. The Balaban J connectivity index is 1.47. The molecule has 4 atom stereocenters. The first-order valence-electron chi connectivity index (χ1n) is 9.99. The third kappa shape index (κ3) is 1.91. The van der Waals surface area contributed by atoms with Crippen molar-refractivity contribution >= 4 is 11.8 Å². The fraction of sp³-hybridized carbons (Fsp3) is 0.727. The zero-order chi connectivity index (χ0) is 19.1. The Morgan fingerprint density at radius 1 is 0.808 bits per heavy atom. The first-order chi connectivity index (χ1) is 12.0. The average molecular weight is 357 g/mol. The summed E-state index contributed by atoms with van der Waals surface area (Å²) in [6.07, 6.45) is 5.51. The van der Waals surface area contributed by atoms with Crippen molar-refractivity contribution in [3.8, 4) is 0 Å². The number of hydrogen-bond donors (Lipinski definition) is 2. The maximum atomic E-state index is 13.0. The average Bonchev–Trinajstić information content (AvgIpc) is 3.30. The largest absolute Gasteiger partial charge is 0.272 e. The van der Waals surface area contributed by atoms with Crippen LogP contribution in [0.15, 0.2) is 24.3 Å². The SMILES string of the molecule is C=C1C2(C(=O)NNC(=O)C34CCC(C3)C(C)(C)C4=C)CCC(C2)C1(C)C. The zero-order valence-electron chi connectivity index (χ0n) is 16.6. The summed E-state index contributed by atoms with van der Waals surface area (Å²) in [5.74, 6) is 0.859. The van der Waals surface area contributed by atoms with Crippen LogP contribution in [0.4, 0.5) is 0 Å². The van der Waals surface area contributed by atoms with Gasteiger partial charge >= 0.3 is 0 Å². The van der Waals surface area contributed by atoms with Gasteiger partial charge in [0.1, 0.15) is 0 Å². The van der Waals surface area contributed by atoms with E-state index < -0.39 is 10.8 Å². The predicted octanol–water partition coefficient (Wildman–Crippen LogP) is 3.90. The molecule has 4 fully saturated rings. The molecule has 0 spiro atoms. The van der Waals surface area contributed by atoms with E-state index in [-0.39, 0.29) is 22.6 Å². The molecule has 4 rings (SSSR count). The van der Waals surface area contributed by atoms with E-state index in [1.54, 1.807) is 0 Å². The number of hydrazine groups is 1. The van der Waals surface area contributed by atoms with Gasteiger partial charge in [-0.1, -0.05) is 52.0 Å². The quantitative estimate of drug-likeness (QED) is 0.582. The summed E-state index contributed by atoms with van der Waals surface area (Å²) < 4.78 is 0. The van der Waals surface area contributed by atoms with Crippen molar-refractivity contribution in [3.63, 3.8) is 0 Å². The fourth-order valence-electron chi connectivity index (χ4n) is 6.64. The van der Waals surface area contributed by atoms with E-state index in [0.29, 0.717) is 11.8 Å². The minimum absolute atomic E-state index is 0.000717. The van der Waals surface area contributed by atoms with Gasteiger partial charge in [0, 0.05) is 0 Å². The van der Waals surface area contributed by atoms with Crippen LogP contribution in [0.3, 0.4) is 0 Å². The van der Waals surface area contributed by atoms with Crippen molar-refractivity contribution < 1.29 is 9.59 Å². The Morgan fingerprint density at radius 3 is 1.42 bits per heavy atom. The summed E-state index contributed by atoms with van der Waals surface area (Å²) in [6.45, 7) is 17.3. The summed E-state index contributed by atoms with van der Waals surface area (Å²) in [6, 6.07) is 0. The molecule has 4 aliphatic carbocycles. The van der Waals surface area contributed by atoms with E-state index >= 15 is 0 Å². The number of fused-ring (bicyclic) bond motifs is 4. The lowest BCUT2D eigenvalue weighted by Crippen LogP contribution is -2.53. The van der Waals surface area contributed by atoms with Gasteiger partial charge in [0.15, 0.2) is 0 Å². The lowest BCUT2D eigenvalue weighted by molar-refractivity contribution is -0.137. The molecule has 4 nitrogen and oxygen atoms in total. The molecule has 0 aromatic heterocycles. The third-order valence-corrected chi connectivity index (χ3v) is 8.94. The molecule has 4 unspecified atom stereocenters. The Bertz CT molecular complexity index is 672. The molecule has 0 aromatic rings. The van der Waals surface area contributed by atoms with E-state index in [9.17, 15) is 9.59 Å². The zero-order valence-corrected chi connectivity index (χ0v) is 16.6. The maximum absolute atomic E-state index is 13.0. The highest BCUT2D eigenvalue weighted by molar-refractivity contribution is 5.92. The molecule has 0 heterocycles. The highest BCUT2D eigenvalue weighted by atomic mass is 16.2. The Hall–Kier alpha value is -1.58. The molecular formula is C22H32N2O2.